The molecule has 1 N–H and O–H groups in total. The molecule has 1 spiro atoms. The zero-order chi connectivity index (χ0) is 11.2. The number of hydrogen-bond acceptors (Lipinski definition) is 2. The number of benzene rings is 1. The van der Waals surface area contributed by atoms with Gasteiger partial charge < -0.3 is 10.2 Å². The molecular weight excluding hydrogens is 264 g/mol. The molecule has 1 aliphatic carbocycles. The summed E-state index contributed by atoms with van der Waals surface area (Å²) >= 11 is 3.55. The number of rotatable bonds is 0. The van der Waals surface area contributed by atoms with Crippen molar-refractivity contribution >= 4 is 27.3 Å². The molecule has 3 heteroatoms. The molecule has 1 aliphatic heterocycles. The van der Waals surface area contributed by atoms with Gasteiger partial charge in [-0.2, -0.15) is 0 Å². The fourth-order valence-electron chi connectivity index (χ4n) is 2.91. The van der Waals surface area contributed by atoms with Crippen molar-refractivity contribution in [3.63, 3.8) is 0 Å². The Kier molecular flexibility index (Phi) is 2.39. The quantitative estimate of drug-likeness (QED) is 0.783. The molecule has 3 rings (SSSR count). The highest BCUT2D eigenvalue weighted by Gasteiger charge is 2.39. The third-order valence-corrected chi connectivity index (χ3v) is 4.50. The predicted octanol–water partition coefficient (Wildman–Crippen LogP) is 3.48. The maximum atomic E-state index is 3.61. The Morgan fingerprint density at radius 2 is 2.19 bits per heavy atom. The Morgan fingerprint density at radius 1 is 1.38 bits per heavy atom. The standard InChI is InChI=1S/C13H17BrN2/c1-16-9-13(5-2-6-13)8-15-11-4-3-10(14)7-12(11)16/h3-4,7,15H,2,5-6,8-9H2,1H3. The van der Waals surface area contributed by atoms with E-state index in [9.17, 15) is 0 Å². The van der Waals surface area contributed by atoms with Gasteiger partial charge >= 0.3 is 0 Å². The monoisotopic (exact) mass is 280 g/mol. The van der Waals surface area contributed by atoms with Gasteiger partial charge in [0.1, 0.15) is 0 Å². The molecule has 86 valence electrons. The van der Waals surface area contributed by atoms with Crippen molar-refractivity contribution in [2.24, 2.45) is 5.41 Å². The van der Waals surface area contributed by atoms with E-state index in [1.54, 1.807) is 0 Å². The Labute approximate surface area is 105 Å². The number of hydrogen-bond donors (Lipinski definition) is 1. The zero-order valence-electron chi connectivity index (χ0n) is 9.59. The summed E-state index contributed by atoms with van der Waals surface area (Å²) in [5.74, 6) is 0. The summed E-state index contributed by atoms with van der Waals surface area (Å²) < 4.78 is 1.16. The summed E-state index contributed by atoms with van der Waals surface area (Å²) in [6.45, 7) is 2.31. The van der Waals surface area contributed by atoms with Crippen molar-refractivity contribution < 1.29 is 0 Å². The van der Waals surface area contributed by atoms with Gasteiger partial charge in [0.2, 0.25) is 0 Å². The Hall–Kier alpha value is -0.700. The van der Waals surface area contributed by atoms with Crippen molar-refractivity contribution in [1.82, 2.24) is 0 Å². The van der Waals surface area contributed by atoms with Gasteiger partial charge in [-0.3, -0.25) is 0 Å². The van der Waals surface area contributed by atoms with Crippen molar-refractivity contribution in [3.05, 3.63) is 22.7 Å². The van der Waals surface area contributed by atoms with Crippen LogP contribution >= 0.6 is 15.9 Å². The molecule has 1 saturated carbocycles. The van der Waals surface area contributed by atoms with Crippen LogP contribution < -0.4 is 10.2 Å². The van der Waals surface area contributed by atoms with Gasteiger partial charge in [0.05, 0.1) is 11.4 Å². The van der Waals surface area contributed by atoms with E-state index in [2.05, 4.69) is 51.4 Å². The SMILES string of the molecule is CN1CC2(CCC2)CNc2ccc(Br)cc21. The highest BCUT2D eigenvalue weighted by atomic mass is 79.9. The van der Waals surface area contributed by atoms with Crippen LogP contribution in [0.25, 0.3) is 0 Å². The van der Waals surface area contributed by atoms with Crippen LogP contribution in [0.4, 0.5) is 11.4 Å². The molecule has 1 aromatic carbocycles. The molecule has 0 radical (unpaired) electrons. The van der Waals surface area contributed by atoms with Crippen molar-refractivity contribution in [2.75, 3.05) is 30.4 Å². The van der Waals surface area contributed by atoms with E-state index in [0.717, 1.165) is 11.0 Å². The summed E-state index contributed by atoms with van der Waals surface area (Å²) in [5, 5.41) is 3.61. The molecule has 1 heterocycles. The lowest BCUT2D eigenvalue weighted by Gasteiger charge is -2.43. The lowest BCUT2D eigenvalue weighted by Crippen LogP contribution is -2.43. The van der Waals surface area contributed by atoms with Crippen LogP contribution in [-0.2, 0) is 0 Å². The van der Waals surface area contributed by atoms with Gasteiger partial charge in [0, 0.05) is 30.0 Å². The van der Waals surface area contributed by atoms with Crippen molar-refractivity contribution in [3.8, 4) is 0 Å². The van der Waals surface area contributed by atoms with Crippen LogP contribution in [0.1, 0.15) is 19.3 Å². The second kappa shape index (κ2) is 3.66. The van der Waals surface area contributed by atoms with Crippen LogP contribution in [0.3, 0.4) is 0 Å². The van der Waals surface area contributed by atoms with E-state index < -0.39 is 0 Å². The first kappa shape index (κ1) is 10.5. The molecule has 2 aliphatic rings. The third kappa shape index (κ3) is 1.61. The first-order valence-electron chi connectivity index (χ1n) is 5.93. The minimum atomic E-state index is 0.528. The zero-order valence-corrected chi connectivity index (χ0v) is 11.2. The Balaban J connectivity index is 1.95. The van der Waals surface area contributed by atoms with Crippen LogP contribution in [0.2, 0.25) is 0 Å². The van der Waals surface area contributed by atoms with Gasteiger partial charge in [-0.25, -0.2) is 0 Å². The highest BCUT2D eigenvalue weighted by molar-refractivity contribution is 9.10. The van der Waals surface area contributed by atoms with E-state index in [1.165, 1.54) is 37.2 Å². The van der Waals surface area contributed by atoms with Crippen LogP contribution in [-0.4, -0.2) is 20.1 Å². The third-order valence-electron chi connectivity index (χ3n) is 4.01. The first-order chi connectivity index (χ1) is 7.69. The van der Waals surface area contributed by atoms with Crippen LogP contribution in [0, 0.1) is 5.41 Å². The minimum Gasteiger partial charge on any atom is -0.383 e. The van der Waals surface area contributed by atoms with Gasteiger partial charge in [-0.15, -0.1) is 0 Å². The molecule has 0 amide bonds. The second-order valence-electron chi connectivity index (χ2n) is 5.22. The number of fused-ring (bicyclic) bond motifs is 1. The first-order valence-corrected chi connectivity index (χ1v) is 6.72. The highest BCUT2D eigenvalue weighted by Crippen LogP contribution is 2.45. The lowest BCUT2D eigenvalue weighted by atomic mass is 9.68. The van der Waals surface area contributed by atoms with E-state index >= 15 is 0 Å². The van der Waals surface area contributed by atoms with Gasteiger partial charge in [-0.05, 0) is 31.0 Å². The van der Waals surface area contributed by atoms with Crippen molar-refractivity contribution in [2.45, 2.75) is 19.3 Å². The minimum absolute atomic E-state index is 0.528. The molecule has 0 unspecified atom stereocenters. The molecule has 0 bridgehead atoms. The van der Waals surface area contributed by atoms with Gasteiger partial charge in [-0.1, -0.05) is 22.4 Å². The number of nitrogens with one attached hydrogen (secondary N) is 1. The normalized spacial score (nSPS) is 22.0. The van der Waals surface area contributed by atoms with E-state index in [4.69, 9.17) is 0 Å². The molecular formula is C13H17BrN2. The molecule has 2 nitrogen and oxygen atoms in total. The van der Waals surface area contributed by atoms with Crippen molar-refractivity contribution in [1.29, 1.82) is 0 Å². The van der Waals surface area contributed by atoms with E-state index in [0.29, 0.717) is 5.41 Å². The summed E-state index contributed by atoms with van der Waals surface area (Å²) in [6, 6.07) is 6.49. The topological polar surface area (TPSA) is 15.3 Å². The molecule has 1 fully saturated rings. The Bertz CT molecular complexity index is 412. The average Bonchev–Trinajstić information content (AvgIpc) is 2.36. The molecule has 1 aromatic rings. The fourth-order valence-corrected chi connectivity index (χ4v) is 3.26. The van der Waals surface area contributed by atoms with E-state index in [1.807, 2.05) is 0 Å². The molecule has 0 saturated heterocycles. The van der Waals surface area contributed by atoms with E-state index in [-0.39, 0.29) is 0 Å². The predicted molar refractivity (Wildman–Crippen MR) is 72.2 cm³/mol. The van der Waals surface area contributed by atoms with Crippen LogP contribution in [0.15, 0.2) is 22.7 Å². The number of halogens is 1. The van der Waals surface area contributed by atoms with Crippen LogP contribution in [0.5, 0.6) is 0 Å². The lowest BCUT2D eigenvalue weighted by molar-refractivity contribution is 0.162. The fraction of sp³-hybridized carbons (Fsp3) is 0.538. The Morgan fingerprint density at radius 3 is 2.88 bits per heavy atom. The molecule has 0 atom stereocenters. The smallest absolute Gasteiger partial charge is 0.0610 e. The summed E-state index contributed by atoms with van der Waals surface area (Å²) in [6.07, 6.45) is 4.15. The average molecular weight is 281 g/mol. The summed E-state index contributed by atoms with van der Waals surface area (Å²) in [5.41, 5.74) is 3.12. The number of nitrogens with zero attached hydrogens (tertiary/aromatic N) is 1. The van der Waals surface area contributed by atoms with Gasteiger partial charge in [0.15, 0.2) is 0 Å². The largest absolute Gasteiger partial charge is 0.383 e. The summed E-state index contributed by atoms with van der Waals surface area (Å²) in [7, 11) is 2.21. The molecule has 0 aromatic heterocycles. The second-order valence-corrected chi connectivity index (χ2v) is 6.14. The maximum absolute atomic E-state index is 3.61. The summed E-state index contributed by atoms with van der Waals surface area (Å²) in [4.78, 5) is 2.40. The number of anilines is 2. The molecule has 16 heavy (non-hydrogen) atoms. The van der Waals surface area contributed by atoms with Gasteiger partial charge in [0.25, 0.3) is 0 Å². The maximum Gasteiger partial charge on any atom is 0.0610 e.